The van der Waals surface area contributed by atoms with Gasteiger partial charge in [0.05, 0.1) is 5.69 Å². The second kappa shape index (κ2) is 5.13. The van der Waals surface area contributed by atoms with E-state index in [1.165, 1.54) is 24.6 Å². The lowest BCUT2D eigenvalue weighted by molar-refractivity contribution is 0.515. The van der Waals surface area contributed by atoms with Crippen LogP contribution in [0.15, 0.2) is 24.3 Å². The molecule has 0 bridgehead atoms. The lowest BCUT2D eigenvalue weighted by atomic mass is 10.0. The van der Waals surface area contributed by atoms with E-state index in [1.54, 1.807) is 0 Å². The van der Waals surface area contributed by atoms with E-state index in [0.29, 0.717) is 12.0 Å². The lowest BCUT2D eigenvalue weighted by Gasteiger charge is -2.20. The van der Waals surface area contributed by atoms with Gasteiger partial charge in [0.1, 0.15) is 0 Å². The van der Waals surface area contributed by atoms with E-state index < -0.39 is 0 Å². The fourth-order valence-corrected chi connectivity index (χ4v) is 3.03. The zero-order valence-corrected chi connectivity index (χ0v) is 11.3. The van der Waals surface area contributed by atoms with Crippen LogP contribution in [-0.2, 0) is 0 Å². The zero-order chi connectivity index (χ0) is 13.2. The fraction of sp³-hybridized carbons (Fsp3) is 0.467. The molecule has 0 aliphatic heterocycles. The SMILES string of the molecule is Cc1nnc(NC2CCCC2CN)c2ccccc12. The summed E-state index contributed by atoms with van der Waals surface area (Å²) in [4.78, 5) is 0. The largest absolute Gasteiger partial charge is 0.365 e. The Bertz CT molecular complexity index is 581. The third-order valence-corrected chi connectivity index (χ3v) is 4.16. The number of nitrogens with two attached hydrogens (primary N) is 1. The summed E-state index contributed by atoms with van der Waals surface area (Å²) in [5.41, 5.74) is 6.81. The molecular formula is C15H20N4. The fourth-order valence-electron chi connectivity index (χ4n) is 3.03. The predicted molar refractivity (Wildman–Crippen MR) is 78.1 cm³/mol. The highest BCUT2D eigenvalue weighted by atomic mass is 15.2. The van der Waals surface area contributed by atoms with Crippen molar-refractivity contribution in [2.75, 3.05) is 11.9 Å². The Morgan fingerprint density at radius 1 is 1.21 bits per heavy atom. The van der Waals surface area contributed by atoms with Gasteiger partial charge in [0.15, 0.2) is 5.82 Å². The molecule has 0 amide bonds. The molecule has 4 heteroatoms. The van der Waals surface area contributed by atoms with E-state index in [-0.39, 0.29) is 0 Å². The van der Waals surface area contributed by atoms with Crippen LogP contribution in [0.25, 0.3) is 10.8 Å². The van der Waals surface area contributed by atoms with Gasteiger partial charge in [-0.05, 0) is 32.2 Å². The minimum Gasteiger partial charge on any atom is -0.365 e. The lowest BCUT2D eigenvalue weighted by Crippen LogP contribution is -2.30. The third kappa shape index (κ3) is 2.28. The van der Waals surface area contributed by atoms with Crippen molar-refractivity contribution >= 4 is 16.6 Å². The van der Waals surface area contributed by atoms with E-state index in [9.17, 15) is 0 Å². The molecule has 2 atom stereocenters. The minimum atomic E-state index is 0.436. The van der Waals surface area contributed by atoms with Crippen molar-refractivity contribution < 1.29 is 0 Å². The van der Waals surface area contributed by atoms with Gasteiger partial charge < -0.3 is 11.1 Å². The molecular weight excluding hydrogens is 236 g/mol. The summed E-state index contributed by atoms with van der Waals surface area (Å²) < 4.78 is 0. The zero-order valence-electron chi connectivity index (χ0n) is 11.3. The van der Waals surface area contributed by atoms with Gasteiger partial charge in [-0.15, -0.1) is 5.10 Å². The number of benzene rings is 1. The summed E-state index contributed by atoms with van der Waals surface area (Å²) in [5.74, 6) is 1.45. The summed E-state index contributed by atoms with van der Waals surface area (Å²) >= 11 is 0. The molecule has 3 N–H and O–H groups in total. The Kier molecular flexibility index (Phi) is 3.34. The van der Waals surface area contributed by atoms with Crippen LogP contribution in [0.1, 0.15) is 25.0 Å². The van der Waals surface area contributed by atoms with Crippen LogP contribution in [0.3, 0.4) is 0 Å². The maximum absolute atomic E-state index is 5.84. The normalized spacial score (nSPS) is 22.8. The summed E-state index contributed by atoms with van der Waals surface area (Å²) in [6, 6.07) is 8.72. The Morgan fingerprint density at radius 2 is 2.00 bits per heavy atom. The molecule has 100 valence electrons. The number of aryl methyl sites for hydroxylation is 1. The first-order chi connectivity index (χ1) is 9.29. The van der Waals surface area contributed by atoms with Crippen LogP contribution < -0.4 is 11.1 Å². The van der Waals surface area contributed by atoms with Crippen molar-refractivity contribution in [3.05, 3.63) is 30.0 Å². The smallest absolute Gasteiger partial charge is 0.156 e. The molecule has 1 aliphatic rings. The molecule has 1 aromatic carbocycles. The molecule has 2 aromatic rings. The van der Waals surface area contributed by atoms with Gasteiger partial charge in [-0.3, -0.25) is 0 Å². The number of hydrogen-bond acceptors (Lipinski definition) is 4. The molecule has 1 aliphatic carbocycles. The molecule has 2 unspecified atom stereocenters. The summed E-state index contributed by atoms with van der Waals surface area (Å²) in [6.07, 6.45) is 3.63. The van der Waals surface area contributed by atoms with Crippen LogP contribution in [0, 0.1) is 12.8 Å². The van der Waals surface area contributed by atoms with Crippen molar-refractivity contribution in [1.82, 2.24) is 10.2 Å². The van der Waals surface area contributed by atoms with Gasteiger partial charge in [0.2, 0.25) is 0 Å². The third-order valence-electron chi connectivity index (χ3n) is 4.16. The minimum absolute atomic E-state index is 0.436. The van der Waals surface area contributed by atoms with Gasteiger partial charge in [-0.2, -0.15) is 5.10 Å². The van der Waals surface area contributed by atoms with Crippen LogP contribution in [0.5, 0.6) is 0 Å². The highest BCUT2D eigenvalue weighted by molar-refractivity contribution is 5.92. The van der Waals surface area contributed by atoms with Gasteiger partial charge >= 0.3 is 0 Å². The molecule has 3 rings (SSSR count). The van der Waals surface area contributed by atoms with E-state index >= 15 is 0 Å². The molecule has 0 radical (unpaired) electrons. The van der Waals surface area contributed by atoms with E-state index in [4.69, 9.17) is 5.73 Å². The Balaban J connectivity index is 1.95. The van der Waals surface area contributed by atoms with Crippen molar-refractivity contribution in [1.29, 1.82) is 0 Å². The van der Waals surface area contributed by atoms with Gasteiger partial charge in [0.25, 0.3) is 0 Å². The van der Waals surface area contributed by atoms with E-state index in [2.05, 4.69) is 27.6 Å². The van der Waals surface area contributed by atoms with Gasteiger partial charge in [-0.25, -0.2) is 0 Å². The molecule has 1 aromatic heterocycles. The van der Waals surface area contributed by atoms with E-state index in [1.807, 2.05) is 19.1 Å². The first kappa shape index (κ1) is 12.4. The van der Waals surface area contributed by atoms with Crippen molar-refractivity contribution in [3.8, 4) is 0 Å². The number of anilines is 1. The predicted octanol–water partition coefficient (Wildman–Crippen LogP) is 2.48. The highest BCUT2D eigenvalue weighted by Gasteiger charge is 2.26. The average molecular weight is 256 g/mol. The molecule has 1 heterocycles. The topological polar surface area (TPSA) is 63.8 Å². The molecule has 0 saturated heterocycles. The van der Waals surface area contributed by atoms with E-state index in [0.717, 1.165) is 23.4 Å². The summed E-state index contributed by atoms with van der Waals surface area (Å²) in [5, 5.41) is 14.5. The molecule has 19 heavy (non-hydrogen) atoms. The standard InChI is InChI=1S/C15H20N4/c1-10-12-6-2-3-7-13(12)15(19-18-10)17-14-8-4-5-11(14)9-16/h2-3,6-7,11,14H,4-5,8-9,16H2,1H3,(H,17,19). The molecule has 4 nitrogen and oxygen atoms in total. The Labute approximate surface area is 113 Å². The second-order valence-corrected chi connectivity index (χ2v) is 5.36. The number of nitrogens with zero attached hydrogens (tertiary/aromatic N) is 2. The van der Waals surface area contributed by atoms with Gasteiger partial charge in [0, 0.05) is 16.8 Å². The Hall–Kier alpha value is -1.68. The average Bonchev–Trinajstić information content (AvgIpc) is 2.89. The molecule has 0 spiro atoms. The second-order valence-electron chi connectivity index (χ2n) is 5.36. The molecule has 1 saturated carbocycles. The molecule has 1 fully saturated rings. The van der Waals surface area contributed by atoms with Crippen LogP contribution >= 0.6 is 0 Å². The summed E-state index contributed by atoms with van der Waals surface area (Å²) in [7, 11) is 0. The number of hydrogen-bond donors (Lipinski definition) is 2. The number of nitrogens with one attached hydrogen (secondary N) is 1. The first-order valence-electron chi connectivity index (χ1n) is 6.98. The van der Waals surface area contributed by atoms with Gasteiger partial charge in [-0.1, -0.05) is 30.7 Å². The number of aromatic nitrogens is 2. The van der Waals surface area contributed by atoms with Crippen LogP contribution in [0.2, 0.25) is 0 Å². The monoisotopic (exact) mass is 256 g/mol. The maximum atomic E-state index is 5.84. The first-order valence-corrected chi connectivity index (χ1v) is 6.98. The van der Waals surface area contributed by atoms with Crippen molar-refractivity contribution in [2.24, 2.45) is 11.7 Å². The van der Waals surface area contributed by atoms with Crippen LogP contribution in [0.4, 0.5) is 5.82 Å². The summed E-state index contributed by atoms with van der Waals surface area (Å²) in [6.45, 7) is 2.74. The highest BCUT2D eigenvalue weighted by Crippen LogP contribution is 2.30. The van der Waals surface area contributed by atoms with Crippen molar-refractivity contribution in [3.63, 3.8) is 0 Å². The quantitative estimate of drug-likeness (QED) is 0.885. The number of rotatable bonds is 3. The van der Waals surface area contributed by atoms with Crippen LogP contribution in [-0.4, -0.2) is 22.8 Å². The van der Waals surface area contributed by atoms with Crippen molar-refractivity contribution in [2.45, 2.75) is 32.2 Å². The number of fused-ring (bicyclic) bond motifs is 1. The maximum Gasteiger partial charge on any atom is 0.156 e. The Morgan fingerprint density at radius 3 is 2.79 bits per heavy atom.